The molecule has 0 atom stereocenters. The summed E-state index contributed by atoms with van der Waals surface area (Å²) < 4.78 is 0. The summed E-state index contributed by atoms with van der Waals surface area (Å²) in [6, 6.07) is 13.9. The van der Waals surface area contributed by atoms with Gasteiger partial charge in [-0.25, -0.2) is 0 Å². The third-order valence-corrected chi connectivity index (χ3v) is 3.40. The van der Waals surface area contributed by atoms with Crippen molar-refractivity contribution in [3.63, 3.8) is 0 Å². The van der Waals surface area contributed by atoms with Gasteiger partial charge in [-0.1, -0.05) is 42.5 Å². The monoisotopic (exact) mass is 251 g/mol. The fourth-order valence-corrected chi connectivity index (χ4v) is 2.39. The van der Waals surface area contributed by atoms with Gasteiger partial charge in [0.05, 0.1) is 6.54 Å². The summed E-state index contributed by atoms with van der Waals surface area (Å²) in [6.07, 6.45) is 1.40. The summed E-state index contributed by atoms with van der Waals surface area (Å²) in [5.41, 5.74) is 1.49. The summed E-state index contributed by atoms with van der Waals surface area (Å²) >= 11 is 0. The minimum Gasteiger partial charge on any atom is -0.271 e. The van der Waals surface area contributed by atoms with Gasteiger partial charge in [0.25, 0.3) is 11.8 Å². The minimum absolute atomic E-state index is 0.196. The van der Waals surface area contributed by atoms with Crippen LogP contribution in [0.3, 0.4) is 0 Å². The highest BCUT2D eigenvalue weighted by atomic mass is 16.2. The molecule has 0 saturated carbocycles. The molecule has 2 aromatic rings. The van der Waals surface area contributed by atoms with E-state index in [1.807, 2.05) is 42.5 Å². The number of amides is 2. The number of hydrogen-bond donors (Lipinski definition) is 0. The summed E-state index contributed by atoms with van der Waals surface area (Å²) in [5.74, 6) is -0.423. The Morgan fingerprint density at radius 2 is 1.74 bits per heavy atom. The fourth-order valence-electron chi connectivity index (χ4n) is 2.39. The number of carbonyl (C=O) groups excluding carboxylic acids is 2. The van der Waals surface area contributed by atoms with Crippen LogP contribution < -0.4 is 0 Å². The molecule has 3 rings (SSSR count). The van der Waals surface area contributed by atoms with Gasteiger partial charge in [0.15, 0.2) is 0 Å². The SMILES string of the molecule is CC1=CC(=O)N(Cc2cccc3ccccc23)C1=O. The lowest BCUT2D eigenvalue weighted by atomic mass is 10.0. The molecule has 94 valence electrons. The third-order valence-electron chi connectivity index (χ3n) is 3.40. The second kappa shape index (κ2) is 4.35. The molecule has 19 heavy (non-hydrogen) atoms. The third kappa shape index (κ3) is 1.93. The van der Waals surface area contributed by atoms with Crippen LogP contribution in [0.15, 0.2) is 54.1 Å². The average Bonchev–Trinajstić information content (AvgIpc) is 2.66. The van der Waals surface area contributed by atoms with Crippen molar-refractivity contribution in [1.29, 1.82) is 0 Å². The Morgan fingerprint density at radius 1 is 1.00 bits per heavy atom. The molecule has 0 aliphatic carbocycles. The zero-order valence-electron chi connectivity index (χ0n) is 10.6. The van der Waals surface area contributed by atoms with Crippen molar-refractivity contribution in [3.05, 3.63) is 59.7 Å². The number of nitrogens with zero attached hydrogens (tertiary/aromatic N) is 1. The second-order valence-electron chi connectivity index (χ2n) is 4.70. The van der Waals surface area contributed by atoms with Crippen LogP contribution in [0.25, 0.3) is 10.8 Å². The van der Waals surface area contributed by atoms with Crippen LogP contribution in [-0.2, 0) is 16.1 Å². The van der Waals surface area contributed by atoms with E-state index in [1.54, 1.807) is 6.92 Å². The zero-order chi connectivity index (χ0) is 13.4. The first-order valence-corrected chi connectivity index (χ1v) is 6.17. The highest BCUT2D eigenvalue weighted by Crippen LogP contribution is 2.22. The van der Waals surface area contributed by atoms with Gasteiger partial charge in [0, 0.05) is 11.6 Å². The van der Waals surface area contributed by atoms with Crippen LogP contribution in [0.2, 0.25) is 0 Å². The summed E-state index contributed by atoms with van der Waals surface area (Å²) in [5, 5.41) is 2.19. The molecule has 2 amide bonds. The van der Waals surface area contributed by atoms with Crippen molar-refractivity contribution in [3.8, 4) is 0 Å². The second-order valence-corrected chi connectivity index (χ2v) is 4.70. The zero-order valence-corrected chi connectivity index (χ0v) is 10.6. The molecule has 0 fully saturated rings. The van der Waals surface area contributed by atoms with Crippen LogP contribution in [0.4, 0.5) is 0 Å². The summed E-state index contributed by atoms with van der Waals surface area (Å²) in [4.78, 5) is 24.9. The molecular formula is C16H13NO2. The first kappa shape index (κ1) is 11.7. The largest absolute Gasteiger partial charge is 0.271 e. The van der Waals surface area contributed by atoms with Crippen molar-refractivity contribution in [2.75, 3.05) is 0 Å². The van der Waals surface area contributed by atoms with Gasteiger partial charge in [-0.05, 0) is 23.3 Å². The topological polar surface area (TPSA) is 37.4 Å². The molecule has 0 aromatic heterocycles. The van der Waals surface area contributed by atoms with Gasteiger partial charge in [-0.3, -0.25) is 14.5 Å². The highest BCUT2D eigenvalue weighted by Gasteiger charge is 2.28. The van der Waals surface area contributed by atoms with Crippen molar-refractivity contribution >= 4 is 22.6 Å². The predicted molar refractivity (Wildman–Crippen MR) is 73.3 cm³/mol. The van der Waals surface area contributed by atoms with Gasteiger partial charge in [0.2, 0.25) is 0 Å². The Hall–Kier alpha value is -2.42. The molecule has 1 aliphatic rings. The maximum Gasteiger partial charge on any atom is 0.256 e. The lowest BCUT2D eigenvalue weighted by Crippen LogP contribution is -2.30. The molecule has 0 saturated heterocycles. The minimum atomic E-state index is -0.226. The number of hydrogen-bond acceptors (Lipinski definition) is 2. The summed E-state index contributed by atoms with van der Waals surface area (Å²) in [7, 11) is 0. The molecule has 0 N–H and O–H groups in total. The Kier molecular flexibility index (Phi) is 2.67. The maximum atomic E-state index is 11.9. The van der Waals surface area contributed by atoms with Gasteiger partial charge in [-0.2, -0.15) is 0 Å². The first-order valence-electron chi connectivity index (χ1n) is 6.17. The highest BCUT2D eigenvalue weighted by molar-refractivity contribution is 6.15. The van der Waals surface area contributed by atoms with Crippen molar-refractivity contribution in [2.24, 2.45) is 0 Å². The van der Waals surface area contributed by atoms with Crippen LogP contribution >= 0.6 is 0 Å². The van der Waals surface area contributed by atoms with Crippen molar-refractivity contribution in [1.82, 2.24) is 4.90 Å². The number of rotatable bonds is 2. The average molecular weight is 251 g/mol. The summed E-state index contributed by atoms with van der Waals surface area (Å²) in [6.45, 7) is 2.00. The Bertz CT molecular complexity index is 710. The van der Waals surface area contributed by atoms with Crippen LogP contribution in [0.5, 0.6) is 0 Å². The molecule has 0 unspecified atom stereocenters. The molecule has 0 radical (unpaired) electrons. The van der Waals surface area contributed by atoms with E-state index in [-0.39, 0.29) is 11.8 Å². The van der Waals surface area contributed by atoms with E-state index in [9.17, 15) is 9.59 Å². The molecular weight excluding hydrogens is 238 g/mol. The van der Waals surface area contributed by atoms with E-state index in [0.29, 0.717) is 12.1 Å². The van der Waals surface area contributed by atoms with E-state index in [0.717, 1.165) is 16.3 Å². The van der Waals surface area contributed by atoms with Gasteiger partial charge in [-0.15, -0.1) is 0 Å². The smallest absolute Gasteiger partial charge is 0.256 e. The Morgan fingerprint density at radius 3 is 2.47 bits per heavy atom. The van der Waals surface area contributed by atoms with Gasteiger partial charge >= 0.3 is 0 Å². The van der Waals surface area contributed by atoms with E-state index in [4.69, 9.17) is 0 Å². The number of carbonyl (C=O) groups is 2. The van der Waals surface area contributed by atoms with E-state index in [2.05, 4.69) is 0 Å². The number of fused-ring (bicyclic) bond motifs is 1. The number of benzene rings is 2. The molecule has 3 nitrogen and oxygen atoms in total. The van der Waals surface area contributed by atoms with Crippen LogP contribution in [-0.4, -0.2) is 16.7 Å². The Balaban J connectivity index is 1.99. The van der Waals surface area contributed by atoms with Crippen molar-refractivity contribution < 1.29 is 9.59 Å². The maximum absolute atomic E-state index is 11.9. The normalized spacial score (nSPS) is 15.2. The quantitative estimate of drug-likeness (QED) is 0.769. The Labute approximate surface area is 111 Å². The molecule has 1 heterocycles. The lowest BCUT2D eigenvalue weighted by Gasteiger charge is -2.16. The fraction of sp³-hybridized carbons (Fsp3) is 0.125. The first-order chi connectivity index (χ1) is 9.16. The number of imide groups is 1. The lowest BCUT2D eigenvalue weighted by molar-refractivity contribution is -0.137. The van der Waals surface area contributed by atoms with Gasteiger partial charge < -0.3 is 0 Å². The van der Waals surface area contributed by atoms with E-state index in [1.165, 1.54) is 11.0 Å². The molecule has 0 spiro atoms. The molecule has 1 aliphatic heterocycles. The van der Waals surface area contributed by atoms with Gasteiger partial charge in [0.1, 0.15) is 0 Å². The van der Waals surface area contributed by atoms with Crippen molar-refractivity contribution in [2.45, 2.75) is 13.5 Å². The van der Waals surface area contributed by atoms with E-state index >= 15 is 0 Å². The molecule has 0 bridgehead atoms. The molecule has 2 aromatic carbocycles. The van der Waals surface area contributed by atoms with E-state index < -0.39 is 0 Å². The predicted octanol–water partition coefficient (Wildman–Crippen LogP) is 2.65. The molecule has 3 heteroatoms. The van der Waals surface area contributed by atoms with Crippen LogP contribution in [0.1, 0.15) is 12.5 Å². The standard InChI is InChI=1S/C16H13NO2/c1-11-9-15(18)17(16(11)19)10-13-7-4-6-12-5-2-3-8-14(12)13/h2-9H,10H2,1H3. The van der Waals surface area contributed by atoms with Crippen LogP contribution in [0, 0.1) is 0 Å².